The number of fused-ring (bicyclic) bond motifs is 2. The lowest BCUT2D eigenvalue weighted by Crippen LogP contribution is -2.26. The molecule has 0 aliphatic carbocycles. The molecule has 2 aliphatic heterocycles. The lowest BCUT2D eigenvalue weighted by Gasteiger charge is -2.21. The van der Waals surface area contributed by atoms with E-state index in [1.807, 2.05) is 0 Å². The van der Waals surface area contributed by atoms with Crippen molar-refractivity contribution in [1.29, 1.82) is 0 Å². The van der Waals surface area contributed by atoms with Crippen LogP contribution in [0.15, 0.2) is 12.2 Å². The molecule has 2 rings (SSSR count). The van der Waals surface area contributed by atoms with Gasteiger partial charge >= 0.3 is 0 Å². The maximum Gasteiger partial charge on any atom is 0.0818 e. The molecule has 0 aromatic carbocycles. The summed E-state index contributed by atoms with van der Waals surface area (Å²) in [5.41, 5.74) is 0. The van der Waals surface area contributed by atoms with Gasteiger partial charge in [-0.05, 0) is 5.92 Å². The Hall–Kier alpha value is -0.340. The Morgan fingerprint density at radius 2 is 1.91 bits per heavy atom. The molecule has 0 aromatic heterocycles. The molecule has 2 heteroatoms. The van der Waals surface area contributed by atoms with Crippen molar-refractivity contribution < 1.29 is 9.84 Å². The Bertz CT molecular complexity index is 158. The summed E-state index contributed by atoms with van der Waals surface area (Å²) in [6, 6.07) is 0. The second-order valence-corrected chi connectivity index (χ2v) is 3.37. The van der Waals surface area contributed by atoms with Crippen LogP contribution in [0, 0.1) is 11.8 Å². The molecule has 62 valence electrons. The van der Waals surface area contributed by atoms with Crippen LogP contribution in [0.4, 0.5) is 0 Å². The molecule has 0 spiro atoms. The number of aliphatic hydroxyl groups excluding tert-OH is 1. The highest BCUT2D eigenvalue weighted by molar-refractivity contribution is 5.14. The Labute approximate surface area is 66.9 Å². The molecule has 2 aliphatic rings. The largest absolute Gasteiger partial charge is 0.396 e. The molecule has 1 N–H and O–H groups in total. The average Bonchev–Trinajstić information content (AvgIpc) is 2.60. The van der Waals surface area contributed by atoms with Crippen LogP contribution in [-0.2, 0) is 4.74 Å². The quantitative estimate of drug-likeness (QED) is 0.600. The Balaban J connectivity index is 2.15. The molecule has 1 saturated heterocycles. The van der Waals surface area contributed by atoms with Crippen molar-refractivity contribution in [3.8, 4) is 0 Å². The van der Waals surface area contributed by atoms with Crippen molar-refractivity contribution in [2.75, 3.05) is 6.61 Å². The first-order valence-electron chi connectivity index (χ1n) is 4.31. The first-order valence-corrected chi connectivity index (χ1v) is 4.31. The zero-order chi connectivity index (χ0) is 7.84. The fourth-order valence-electron chi connectivity index (χ4n) is 2.24. The van der Waals surface area contributed by atoms with Gasteiger partial charge in [0.1, 0.15) is 0 Å². The van der Waals surface area contributed by atoms with E-state index < -0.39 is 0 Å². The summed E-state index contributed by atoms with van der Waals surface area (Å²) in [5.74, 6) is 0.907. The fraction of sp³-hybridized carbons (Fsp3) is 0.778. The summed E-state index contributed by atoms with van der Waals surface area (Å²) in [6.45, 7) is 2.43. The molecule has 4 atom stereocenters. The van der Waals surface area contributed by atoms with E-state index in [-0.39, 0.29) is 12.7 Å². The van der Waals surface area contributed by atoms with Crippen molar-refractivity contribution in [2.45, 2.75) is 25.6 Å². The molecule has 11 heavy (non-hydrogen) atoms. The predicted octanol–water partition coefficient (Wildman–Crippen LogP) is 0.958. The number of hydrogen-bond donors (Lipinski definition) is 1. The smallest absolute Gasteiger partial charge is 0.0818 e. The summed E-state index contributed by atoms with van der Waals surface area (Å²) < 4.78 is 5.61. The monoisotopic (exact) mass is 154 g/mol. The van der Waals surface area contributed by atoms with Gasteiger partial charge in [-0.1, -0.05) is 25.5 Å². The summed E-state index contributed by atoms with van der Waals surface area (Å²) in [7, 11) is 0. The summed E-state index contributed by atoms with van der Waals surface area (Å²) >= 11 is 0. The van der Waals surface area contributed by atoms with E-state index in [0.717, 1.165) is 6.42 Å². The van der Waals surface area contributed by atoms with E-state index in [2.05, 4.69) is 19.1 Å². The van der Waals surface area contributed by atoms with Crippen molar-refractivity contribution in [3.63, 3.8) is 0 Å². The third-order valence-corrected chi connectivity index (χ3v) is 2.88. The standard InChI is InChI=1S/C9H14O2/c1-2-6-7(5-10)9-4-3-8(6)11-9/h3-4,6-10H,2,5H2,1H3. The van der Waals surface area contributed by atoms with Crippen molar-refractivity contribution in [1.82, 2.24) is 0 Å². The van der Waals surface area contributed by atoms with Crippen molar-refractivity contribution >= 4 is 0 Å². The van der Waals surface area contributed by atoms with Crippen LogP contribution >= 0.6 is 0 Å². The second-order valence-electron chi connectivity index (χ2n) is 3.37. The summed E-state index contributed by atoms with van der Waals surface area (Å²) in [5, 5.41) is 9.08. The predicted molar refractivity (Wildman–Crippen MR) is 42.2 cm³/mol. The van der Waals surface area contributed by atoms with Crippen LogP contribution in [0.5, 0.6) is 0 Å². The third kappa shape index (κ3) is 0.932. The van der Waals surface area contributed by atoms with Gasteiger partial charge in [0.25, 0.3) is 0 Å². The number of ether oxygens (including phenoxy) is 1. The Morgan fingerprint density at radius 1 is 1.27 bits per heavy atom. The van der Waals surface area contributed by atoms with Crippen LogP contribution in [-0.4, -0.2) is 23.9 Å². The molecule has 0 saturated carbocycles. The maximum absolute atomic E-state index is 9.08. The Morgan fingerprint density at radius 3 is 2.36 bits per heavy atom. The van der Waals surface area contributed by atoms with Crippen LogP contribution in [0.3, 0.4) is 0 Å². The van der Waals surface area contributed by atoms with Gasteiger partial charge in [0.15, 0.2) is 0 Å². The van der Waals surface area contributed by atoms with Crippen molar-refractivity contribution in [3.05, 3.63) is 12.2 Å². The molecule has 0 aromatic rings. The van der Waals surface area contributed by atoms with Gasteiger partial charge in [0.05, 0.1) is 12.2 Å². The van der Waals surface area contributed by atoms with Gasteiger partial charge in [-0.2, -0.15) is 0 Å². The molecule has 4 unspecified atom stereocenters. The maximum atomic E-state index is 9.08. The summed E-state index contributed by atoms with van der Waals surface area (Å²) in [4.78, 5) is 0. The zero-order valence-electron chi connectivity index (χ0n) is 6.73. The van der Waals surface area contributed by atoms with E-state index in [1.54, 1.807) is 0 Å². The SMILES string of the molecule is CCC1C2C=CC(O2)C1CO. The van der Waals surface area contributed by atoms with Gasteiger partial charge in [-0.3, -0.25) is 0 Å². The van der Waals surface area contributed by atoms with Crippen LogP contribution in [0.25, 0.3) is 0 Å². The molecular weight excluding hydrogens is 140 g/mol. The van der Waals surface area contributed by atoms with E-state index in [4.69, 9.17) is 9.84 Å². The Kier molecular flexibility index (Phi) is 1.74. The number of rotatable bonds is 2. The summed E-state index contributed by atoms with van der Waals surface area (Å²) in [6.07, 6.45) is 5.82. The van der Waals surface area contributed by atoms with Gasteiger partial charge in [-0.15, -0.1) is 0 Å². The second kappa shape index (κ2) is 2.61. The van der Waals surface area contributed by atoms with E-state index in [9.17, 15) is 0 Å². The van der Waals surface area contributed by atoms with Crippen LogP contribution in [0.1, 0.15) is 13.3 Å². The zero-order valence-corrected chi connectivity index (χ0v) is 6.73. The lowest BCUT2D eigenvalue weighted by atomic mass is 9.82. The van der Waals surface area contributed by atoms with Crippen LogP contribution < -0.4 is 0 Å². The van der Waals surface area contributed by atoms with Crippen molar-refractivity contribution in [2.24, 2.45) is 11.8 Å². The van der Waals surface area contributed by atoms with Gasteiger partial charge in [0, 0.05) is 12.5 Å². The fourth-order valence-corrected chi connectivity index (χ4v) is 2.24. The first kappa shape index (κ1) is 7.32. The van der Waals surface area contributed by atoms with Gasteiger partial charge in [0.2, 0.25) is 0 Å². The molecule has 1 fully saturated rings. The molecule has 0 amide bonds. The number of aliphatic hydroxyl groups is 1. The van der Waals surface area contributed by atoms with E-state index in [0.29, 0.717) is 17.9 Å². The van der Waals surface area contributed by atoms with E-state index in [1.165, 1.54) is 0 Å². The van der Waals surface area contributed by atoms with E-state index >= 15 is 0 Å². The lowest BCUT2D eigenvalue weighted by molar-refractivity contribution is 0.0937. The molecule has 0 radical (unpaired) electrons. The van der Waals surface area contributed by atoms with Crippen LogP contribution in [0.2, 0.25) is 0 Å². The van der Waals surface area contributed by atoms with Gasteiger partial charge < -0.3 is 9.84 Å². The molecular formula is C9H14O2. The highest BCUT2D eigenvalue weighted by Gasteiger charge is 2.43. The molecule has 2 nitrogen and oxygen atoms in total. The molecule has 2 heterocycles. The minimum atomic E-state index is 0.204. The first-order chi connectivity index (χ1) is 5.36. The number of hydrogen-bond acceptors (Lipinski definition) is 2. The average molecular weight is 154 g/mol. The minimum absolute atomic E-state index is 0.204. The minimum Gasteiger partial charge on any atom is -0.396 e. The highest BCUT2D eigenvalue weighted by Crippen LogP contribution is 2.40. The van der Waals surface area contributed by atoms with Gasteiger partial charge in [-0.25, -0.2) is 0 Å². The normalized spacial score (nSPS) is 47.1. The third-order valence-electron chi connectivity index (χ3n) is 2.88. The molecule has 2 bridgehead atoms. The topological polar surface area (TPSA) is 29.5 Å². The highest BCUT2D eigenvalue weighted by atomic mass is 16.5.